The van der Waals surface area contributed by atoms with E-state index in [0.717, 1.165) is 11.1 Å². The second-order valence-electron chi connectivity index (χ2n) is 5.01. The first-order chi connectivity index (χ1) is 11.7. The molecule has 2 N–H and O–H groups in total. The fourth-order valence-corrected chi connectivity index (χ4v) is 2.22. The number of esters is 1. The number of aliphatic imine (C=N–C) groups is 2. The predicted octanol–water partition coefficient (Wildman–Crippen LogP) is 2.44. The molecule has 2 aromatic rings. The predicted molar refractivity (Wildman–Crippen MR) is 96.5 cm³/mol. The van der Waals surface area contributed by atoms with Gasteiger partial charge in [0.25, 0.3) is 0 Å². The van der Waals surface area contributed by atoms with Gasteiger partial charge in [-0.15, -0.1) is 0 Å². The molecule has 2 rings (SSSR count). The van der Waals surface area contributed by atoms with Gasteiger partial charge in [-0.1, -0.05) is 60.7 Å². The summed E-state index contributed by atoms with van der Waals surface area (Å²) in [4.78, 5) is 20.8. The lowest BCUT2D eigenvalue weighted by Gasteiger charge is -2.14. The van der Waals surface area contributed by atoms with Crippen molar-refractivity contribution in [3.8, 4) is 0 Å². The van der Waals surface area contributed by atoms with Gasteiger partial charge in [0.2, 0.25) is 6.04 Å². The molecule has 0 heterocycles. The Morgan fingerprint density at radius 2 is 1.54 bits per heavy atom. The molecule has 0 aromatic heterocycles. The van der Waals surface area contributed by atoms with Crippen molar-refractivity contribution >= 4 is 17.5 Å². The fourth-order valence-electron chi connectivity index (χ4n) is 2.22. The van der Waals surface area contributed by atoms with Crippen molar-refractivity contribution in [3.05, 3.63) is 71.8 Å². The zero-order valence-electron chi connectivity index (χ0n) is 13.8. The zero-order valence-corrected chi connectivity index (χ0v) is 13.8. The lowest BCUT2D eigenvalue weighted by molar-refractivity contribution is -0.142. The molecule has 5 nitrogen and oxygen atoms in total. The standard InChI is InChI=1S/C19H21N3O2/c1-3-24-19(23)17(18(20)21-2)22-16(14-10-6-4-7-11-14)15-12-8-5-9-13-15/h4-13,17H,3H2,1-2H3,(H2,20,21). The first-order valence-corrected chi connectivity index (χ1v) is 7.74. The number of benzene rings is 2. The Hall–Kier alpha value is -2.95. The molecule has 2 aromatic carbocycles. The second-order valence-corrected chi connectivity index (χ2v) is 5.01. The van der Waals surface area contributed by atoms with Crippen LogP contribution >= 0.6 is 0 Å². The van der Waals surface area contributed by atoms with E-state index in [9.17, 15) is 4.79 Å². The van der Waals surface area contributed by atoms with Crippen molar-refractivity contribution < 1.29 is 9.53 Å². The van der Waals surface area contributed by atoms with Gasteiger partial charge in [0.15, 0.2) is 0 Å². The van der Waals surface area contributed by atoms with Crippen LogP contribution in [0, 0.1) is 0 Å². The number of nitrogens with zero attached hydrogens (tertiary/aromatic N) is 2. The van der Waals surface area contributed by atoms with Gasteiger partial charge in [-0.05, 0) is 6.92 Å². The number of ether oxygens (including phenoxy) is 1. The molecule has 1 unspecified atom stereocenters. The molecule has 0 saturated carbocycles. The summed E-state index contributed by atoms with van der Waals surface area (Å²) in [7, 11) is 1.53. The molecule has 0 amide bonds. The van der Waals surface area contributed by atoms with Crippen LogP contribution in [0.2, 0.25) is 0 Å². The molecular weight excluding hydrogens is 302 g/mol. The SMILES string of the molecule is CCOC(=O)C(N=C(c1ccccc1)c1ccccc1)/C(N)=N/C. The monoisotopic (exact) mass is 323 g/mol. The molecule has 0 bridgehead atoms. The molecule has 124 valence electrons. The van der Waals surface area contributed by atoms with E-state index in [0.29, 0.717) is 5.71 Å². The third-order valence-corrected chi connectivity index (χ3v) is 3.40. The van der Waals surface area contributed by atoms with Gasteiger partial charge >= 0.3 is 5.97 Å². The van der Waals surface area contributed by atoms with Crippen LogP contribution in [-0.2, 0) is 9.53 Å². The summed E-state index contributed by atoms with van der Waals surface area (Å²) in [6.45, 7) is 2.00. The van der Waals surface area contributed by atoms with Gasteiger partial charge in [-0.2, -0.15) is 0 Å². The molecule has 5 heteroatoms. The molecule has 0 aliphatic carbocycles. The number of hydrogen-bond acceptors (Lipinski definition) is 4. The lowest BCUT2D eigenvalue weighted by atomic mass is 10.0. The van der Waals surface area contributed by atoms with Crippen LogP contribution in [-0.4, -0.2) is 37.2 Å². The molecule has 0 fully saturated rings. The molecule has 0 saturated heterocycles. The minimum atomic E-state index is -0.967. The van der Waals surface area contributed by atoms with Crippen molar-refractivity contribution in [2.24, 2.45) is 15.7 Å². The summed E-state index contributed by atoms with van der Waals surface area (Å²) in [6, 6.07) is 18.3. The molecule has 0 radical (unpaired) electrons. The van der Waals surface area contributed by atoms with Gasteiger partial charge < -0.3 is 10.5 Å². The normalized spacial score (nSPS) is 12.3. The van der Waals surface area contributed by atoms with Crippen molar-refractivity contribution in [2.75, 3.05) is 13.7 Å². The van der Waals surface area contributed by atoms with Crippen molar-refractivity contribution in [1.29, 1.82) is 0 Å². The quantitative estimate of drug-likeness (QED) is 0.504. The summed E-state index contributed by atoms with van der Waals surface area (Å²) < 4.78 is 5.09. The number of nitrogens with two attached hydrogens (primary N) is 1. The second kappa shape index (κ2) is 8.62. The summed E-state index contributed by atoms with van der Waals surface area (Å²) >= 11 is 0. The highest BCUT2D eigenvalue weighted by Gasteiger charge is 2.24. The Morgan fingerprint density at radius 3 is 1.96 bits per heavy atom. The van der Waals surface area contributed by atoms with Gasteiger partial charge in [-0.3, -0.25) is 9.98 Å². The van der Waals surface area contributed by atoms with Crippen LogP contribution < -0.4 is 5.73 Å². The first-order valence-electron chi connectivity index (χ1n) is 7.74. The van der Waals surface area contributed by atoms with Crippen molar-refractivity contribution in [1.82, 2.24) is 0 Å². The summed E-state index contributed by atoms with van der Waals surface area (Å²) in [5.41, 5.74) is 8.34. The topological polar surface area (TPSA) is 77.0 Å². The van der Waals surface area contributed by atoms with Gasteiger partial charge in [-0.25, -0.2) is 4.79 Å². The largest absolute Gasteiger partial charge is 0.464 e. The molecule has 0 spiro atoms. The Labute approximate surface area is 141 Å². The lowest BCUT2D eigenvalue weighted by Crippen LogP contribution is -2.37. The molecule has 1 atom stereocenters. The molecular formula is C19H21N3O2. The molecule has 24 heavy (non-hydrogen) atoms. The van der Waals surface area contributed by atoms with Gasteiger partial charge in [0, 0.05) is 18.2 Å². The van der Waals surface area contributed by atoms with Crippen LogP contribution in [0.15, 0.2) is 70.6 Å². The van der Waals surface area contributed by atoms with Crippen LogP contribution in [0.25, 0.3) is 0 Å². The van der Waals surface area contributed by atoms with Gasteiger partial charge in [0.1, 0.15) is 5.84 Å². The first kappa shape index (κ1) is 17.4. The smallest absolute Gasteiger partial charge is 0.338 e. The van der Waals surface area contributed by atoms with E-state index in [1.165, 1.54) is 7.05 Å². The highest BCUT2D eigenvalue weighted by atomic mass is 16.5. The summed E-state index contributed by atoms with van der Waals surface area (Å²) in [5, 5.41) is 0. The molecule has 0 aliphatic rings. The number of carbonyl (C=O) groups excluding carboxylic acids is 1. The number of carbonyl (C=O) groups is 1. The highest BCUT2D eigenvalue weighted by molar-refractivity contribution is 6.16. The zero-order chi connectivity index (χ0) is 17.4. The van der Waals surface area contributed by atoms with Crippen molar-refractivity contribution in [3.63, 3.8) is 0 Å². The average Bonchev–Trinajstić information content (AvgIpc) is 2.63. The van der Waals surface area contributed by atoms with E-state index >= 15 is 0 Å². The maximum atomic E-state index is 12.3. The highest BCUT2D eigenvalue weighted by Crippen LogP contribution is 2.13. The summed E-state index contributed by atoms with van der Waals surface area (Å²) in [5.74, 6) is -0.386. The maximum absolute atomic E-state index is 12.3. The van der Waals surface area contributed by atoms with E-state index in [1.54, 1.807) is 6.92 Å². The van der Waals surface area contributed by atoms with Crippen LogP contribution in [0.3, 0.4) is 0 Å². The molecule has 0 aliphatic heterocycles. The van der Waals surface area contributed by atoms with E-state index in [1.807, 2.05) is 60.7 Å². The Morgan fingerprint density at radius 1 is 1.04 bits per heavy atom. The maximum Gasteiger partial charge on any atom is 0.338 e. The third-order valence-electron chi connectivity index (χ3n) is 3.40. The number of rotatable bonds is 6. The van der Waals surface area contributed by atoms with Gasteiger partial charge in [0.05, 0.1) is 12.3 Å². The van der Waals surface area contributed by atoms with Crippen LogP contribution in [0.1, 0.15) is 18.1 Å². The number of hydrogen-bond donors (Lipinski definition) is 1. The number of amidine groups is 1. The van der Waals surface area contributed by atoms with Crippen molar-refractivity contribution in [2.45, 2.75) is 13.0 Å². The van der Waals surface area contributed by atoms with E-state index in [4.69, 9.17) is 10.5 Å². The minimum Gasteiger partial charge on any atom is -0.464 e. The van der Waals surface area contributed by atoms with E-state index in [-0.39, 0.29) is 12.4 Å². The Bertz CT molecular complexity index is 683. The van der Waals surface area contributed by atoms with E-state index in [2.05, 4.69) is 9.98 Å². The summed E-state index contributed by atoms with van der Waals surface area (Å²) in [6.07, 6.45) is 0. The average molecular weight is 323 g/mol. The van der Waals surface area contributed by atoms with Crippen LogP contribution in [0.5, 0.6) is 0 Å². The van der Waals surface area contributed by atoms with E-state index < -0.39 is 12.0 Å². The third kappa shape index (κ3) is 4.29. The fraction of sp³-hybridized carbons (Fsp3) is 0.211. The van der Waals surface area contributed by atoms with Crippen LogP contribution in [0.4, 0.5) is 0 Å². The Kier molecular flexibility index (Phi) is 6.25. The Balaban J connectivity index is 2.55. The minimum absolute atomic E-state index is 0.123.